The van der Waals surface area contributed by atoms with E-state index < -0.39 is 0 Å². The van der Waals surface area contributed by atoms with Crippen molar-refractivity contribution in [2.24, 2.45) is 0 Å². The van der Waals surface area contributed by atoms with Crippen molar-refractivity contribution in [1.29, 1.82) is 0 Å². The summed E-state index contributed by atoms with van der Waals surface area (Å²) in [4.78, 5) is 2.62. The van der Waals surface area contributed by atoms with Gasteiger partial charge in [0.05, 0.1) is 22.5 Å². The predicted molar refractivity (Wildman–Crippen MR) is 222 cm³/mol. The van der Waals surface area contributed by atoms with E-state index in [1.165, 1.54) is 84.1 Å². The summed E-state index contributed by atoms with van der Waals surface area (Å²) in [5, 5.41) is 0. The van der Waals surface area contributed by atoms with E-state index in [0.717, 1.165) is 32.4 Å². The van der Waals surface area contributed by atoms with Crippen LogP contribution in [0.2, 0.25) is 0 Å². The van der Waals surface area contributed by atoms with Crippen LogP contribution >= 0.6 is 0 Å². The molecule has 3 heteroatoms. The van der Waals surface area contributed by atoms with E-state index in [-0.39, 0.29) is 10.8 Å². The minimum atomic E-state index is -0.177. The monoisotopic (exact) mass is 713 g/mol. The van der Waals surface area contributed by atoms with Crippen LogP contribution in [0.1, 0.15) is 90.1 Å². The summed E-state index contributed by atoms with van der Waals surface area (Å²) < 4.78 is 4.84. The van der Waals surface area contributed by atoms with Crippen LogP contribution in [-0.4, -0.2) is 0 Å². The summed E-state index contributed by atoms with van der Waals surface area (Å²) in [6.07, 6.45) is 8.63. The second-order valence-corrected chi connectivity index (χ2v) is 17.3. The average Bonchev–Trinajstić information content (AvgIpc) is 3.29. The fourth-order valence-corrected chi connectivity index (χ4v) is 11.0. The molecule has 3 nitrogen and oxygen atoms in total. The number of fused-ring (bicyclic) bond motifs is 5. The first-order valence-electron chi connectivity index (χ1n) is 20.2. The van der Waals surface area contributed by atoms with Crippen molar-refractivity contribution in [3.05, 3.63) is 196 Å². The van der Waals surface area contributed by atoms with Crippen LogP contribution in [0.3, 0.4) is 0 Å². The van der Waals surface area contributed by atoms with Gasteiger partial charge in [0.25, 0.3) is 0 Å². The van der Waals surface area contributed by atoms with Gasteiger partial charge in [0, 0.05) is 46.7 Å². The third-order valence-corrected chi connectivity index (χ3v) is 13.6. The van der Waals surface area contributed by atoms with Gasteiger partial charge >= 0.3 is 6.67 Å². The lowest BCUT2D eigenvalue weighted by atomic mass is 9.62. The minimum Gasteiger partial charge on any atom is -0.310 e. The standard InChI is InChI=1S/C52H47N3/c1-51(2)42-20-6-5-15-34(42)31-41-36-28-27-35(32-45(36)52(3,4)44-22-14-21-43(51)50(41)44)55-48-25-12-18-37-39(48)16-11-17-40-38(19-13-26-49(40)55)47-24-8-10-30-54(47)33-53-29-9-7-23-46(37)53/h5-10,12-15,18-30,32,41H,11,16-17,31,33H2,1-4H3/q+2. The molecule has 0 saturated carbocycles. The lowest BCUT2D eigenvalue weighted by Gasteiger charge is -2.42. The molecule has 2 aliphatic carbocycles. The molecule has 5 heterocycles. The number of hydrogen-bond acceptors (Lipinski definition) is 1. The fourth-order valence-electron chi connectivity index (χ4n) is 11.0. The van der Waals surface area contributed by atoms with Gasteiger partial charge in [-0.2, -0.15) is 0 Å². The Balaban J connectivity index is 1.18. The molecular formula is C52H47N3+2. The lowest BCUT2D eigenvalue weighted by molar-refractivity contribution is -0.903. The Morgan fingerprint density at radius 2 is 1.11 bits per heavy atom. The maximum absolute atomic E-state index is 2.62. The Kier molecular flexibility index (Phi) is 7.03. The van der Waals surface area contributed by atoms with Gasteiger partial charge in [0.15, 0.2) is 12.4 Å². The normalized spacial score (nSPS) is 17.9. The summed E-state index contributed by atoms with van der Waals surface area (Å²) in [6, 6.07) is 51.2. The molecule has 2 aromatic heterocycles. The third kappa shape index (κ3) is 4.68. The number of aromatic nitrogens is 2. The molecule has 1 atom stereocenters. The number of benzene rings is 5. The second-order valence-electron chi connectivity index (χ2n) is 17.3. The summed E-state index contributed by atoms with van der Waals surface area (Å²) in [6.45, 7) is 10.5. The van der Waals surface area contributed by atoms with Gasteiger partial charge in [0.2, 0.25) is 11.4 Å². The zero-order valence-electron chi connectivity index (χ0n) is 32.3. The van der Waals surface area contributed by atoms with Gasteiger partial charge in [-0.25, -0.2) is 0 Å². The number of hydrogen-bond donors (Lipinski definition) is 0. The number of pyridine rings is 2. The van der Waals surface area contributed by atoms with Gasteiger partial charge in [0.1, 0.15) is 0 Å². The van der Waals surface area contributed by atoms with Crippen LogP contribution in [0.25, 0.3) is 22.5 Å². The van der Waals surface area contributed by atoms with Gasteiger partial charge in [-0.05, 0) is 124 Å². The number of anilines is 3. The molecule has 5 aliphatic rings. The highest BCUT2D eigenvalue weighted by Crippen LogP contribution is 2.55. The van der Waals surface area contributed by atoms with Crippen molar-refractivity contribution in [2.75, 3.05) is 4.90 Å². The quantitative estimate of drug-likeness (QED) is 0.154. The van der Waals surface area contributed by atoms with E-state index in [9.17, 15) is 0 Å². The fraction of sp³-hybridized carbons (Fsp3) is 0.231. The first kappa shape index (κ1) is 32.6. The highest BCUT2D eigenvalue weighted by molar-refractivity contribution is 5.87. The molecule has 5 aromatic carbocycles. The molecule has 1 unspecified atom stereocenters. The second kappa shape index (κ2) is 11.8. The van der Waals surface area contributed by atoms with Gasteiger partial charge < -0.3 is 4.90 Å². The Hall–Kier alpha value is -5.80. The average molecular weight is 714 g/mol. The van der Waals surface area contributed by atoms with Crippen molar-refractivity contribution in [3.63, 3.8) is 0 Å². The summed E-state index contributed by atoms with van der Waals surface area (Å²) in [7, 11) is 0. The zero-order valence-corrected chi connectivity index (χ0v) is 32.3. The van der Waals surface area contributed by atoms with Crippen molar-refractivity contribution < 1.29 is 9.13 Å². The summed E-state index contributed by atoms with van der Waals surface area (Å²) in [5.41, 5.74) is 21.9. The molecule has 268 valence electrons. The summed E-state index contributed by atoms with van der Waals surface area (Å²) in [5.74, 6) is 0.302. The Bertz CT molecular complexity index is 2620. The SMILES string of the molecule is CC1(C)c2ccccc2CC2c3ccc(N4c5cccc6c5CCCc5c(cccc54)-c4cccc[n+]4C[n+]4ccccc4-6)cc3C(C)(C)c3cccc1c32. The molecule has 0 N–H and O–H groups in total. The smallest absolute Gasteiger partial charge is 0.310 e. The zero-order chi connectivity index (χ0) is 37.1. The van der Waals surface area contributed by atoms with Gasteiger partial charge in [-0.15, -0.1) is 9.13 Å². The Morgan fingerprint density at radius 1 is 0.545 bits per heavy atom. The summed E-state index contributed by atoms with van der Waals surface area (Å²) >= 11 is 0. The molecule has 7 aromatic rings. The van der Waals surface area contributed by atoms with Crippen molar-refractivity contribution >= 4 is 17.1 Å². The van der Waals surface area contributed by atoms with Crippen LogP contribution in [0, 0.1) is 0 Å². The number of nitrogens with zero attached hydrogens (tertiary/aromatic N) is 3. The van der Waals surface area contributed by atoms with Crippen LogP contribution in [0.4, 0.5) is 17.1 Å². The van der Waals surface area contributed by atoms with Gasteiger partial charge in [-0.1, -0.05) is 88.4 Å². The maximum Gasteiger partial charge on any atom is 0.344 e. The third-order valence-electron chi connectivity index (χ3n) is 13.6. The molecule has 0 fully saturated rings. The lowest BCUT2D eigenvalue weighted by Crippen LogP contribution is -2.53. The molecule has 6 bridgehead atoms. The first-order valence-corrected chi connectivity index (χ1v) is 20.2. The van der Waals surface area contributed by atoms with E-state index in [2.05, 4.69) is 188 Å². The largest absolute Gasteiger partial charge is 0.344 e. The van der Waals surface area contributed by atoms with Crippen LogP contribution in [0.15, 0.2) is 146 Å². The number of rotatable bonds is 1. The molecular weight excluding hydrogens is 667 g/mol. The van der Waals surface area contributed by atoms with Crippen LogP contribution < -0.4 is 14.0 Å². The first-order chi connectivity index (χ1) is 26.8. The van der Waals surface area contributed by atoms with Crippen molar-refractivity contribution in [2.45, 2.75) is 76.8 Å². The highest BCUT2D eigenvalue weighted by atomic mass is 15.2. The van der Waals surface area contributed by atoms with E-state index in [0.29, 0.717) is 5.92 Å². The van der Waals surface area contributed by atoms with Crippen molar-refractivity contribution in [1.82, 2.24) is 0 Å². The van der Waals surface area contributed by atoms with Gasteiger partial charge in [-0.3, -0.25) is 0 Å². The molecule has 0 saturated heterocycles. The van der Waals surface area contributed by atoms with Crippen LogP contribution in [-0.2, 0) is 36.8 Å². The Morgan fingerprint density at radius 3 is 1.76 bits per heavy atom. The van der Waals surface area contributed by atoms with Crippen LogP contribution in [0.5, 0.6) is 0 Å². The topological polar surface area (TPSA) is 11.0 Å². The predicted octanol–water partition coefficient (Wildman–Crippen LogP) is 11.0. The highest BCUT2D eigenvalue weighted by Gasteiger charge is 2.44. The van der Waals surface area contributed by atoms with E-state index in [1.54, 1.807) is 5.56 Å². The molecule has 0 radical (unpaired) electrons. The van der Waals surface area contributed by atoms with E-state index >= 15 is 0 Å². The van der Waals surface area contributed by atoms with Crippen molar-refractivity contribution in [3.8, 4) is 22.5 Å². The molecule has 3 aliphatic heterocycles. The van der Waals surface area contributed by atoms with E-state index in [4.69, 9.17) is 0 Å². The van der Waals surface area contributed by atoms with E-state index in [1.807, 2.05) is 0 Å². The molecule has 12 rings (SSSR count). The maximum atomic E-state index is 2.62. The molecule has 0 spiro atoms. The Labute approximate surface area is 325 Å². The molecule has 55 heavy (non-hydrogen) atoms. The molecule has 0 amide bonds. The minimum absolute atomic E-state index is 0.0754.